The van der Waals surface area contributed by atoms with Crippen molar-refractivity contribution in [1.29, 1.82) is 0 Å². The number of amides is 1. The lowest BCUT2D eigenvalue weighted by Gasteiger charge is -2.43. The second-order valence-electron chi connectivity index (χ2n) is 9.75. The van der Waals surface area contributed by atoms with Crippen molar-refractivity contribution in [1.82, 2.24) is 14.8 Å². The van der Waals surface area contributed by atoms with Crippen LogP contribution in [0.25, 0.3) is 10.9 Å². The summed E-state index contributed by atoms with van der Waals surface area (Å²) in [5, 5.41) is 1.31. The van der Waals surface area contributed by atoms with Crippen molar-refractivity contribution >= 4 is 22.5 Å². The number of carbonyl (C=O) groups is 1. The zero-order valence-corrected chi connectivity index (χ0v) is 19.3. The quantitative estimate of drug-likeness (QED) is 0.656. The fraction of sp³-hybridized carbons (Fsp3) is 0.444. The fourth-order valence-corrected chi connectivity index (χ4v) is 5.80. The van der Waals surface area contributed by atoms with Crippen LogP contribution in [0.15, 0.2) is 48.5 Å². The van der Waals surface area contributed by atoms with Crippen molar-refractivity contribution in [2.45, 2.75) is 24.9 Å². The van der Waals surface area contributed by atoms with Crippen molar-refractivity contribution in [2.24, 2.45) is 0 Å². The van der Waals surface area contributed by atoms with Gasteiger partial charge in [-0.15, -0.1) is 0 Å². The lowest BCUT2D eigenvalue weighted by Crippen LogP contribution is -2.48. The number of aromatic amines is 1. The molecule has 2 fully saturated rings. The number of anilines is 1. The van der Waals surface area contributed by atoms with Gasteiger partial charge in [0.2, 0.25) is 0 Å². The zero-order valence-electron chi connectivity index (χ0n) is 19.3. The third kappa shape index (κ3) is 3.62. The van der Waals surface area contributed by atoms with Gasteiger partial charge >= 0.3 is 0 Å². The van der Waals surface area contributed by atoms with Gasteiger partial charge in [0.25, 0.3) is 5.91 Å². The highest BCUT2D eigenvalue weighted by atomic mass is 16.5. The number of H-pyrrole nitrogens is 1. The number of para-hydroxylation sites is 1. The zero-order chi connectivity index (χ0) is 22.4. The molecule has 33 heavy (non-hydrogen) atoms. The van der Waals surface area contributed by atoms with Crippen molar-refractivity contribution in [3.05, 3.63) is 65.4 Å². The highest BCUT2D eigenvalue weighted by Gasteiger charge is 2.43. The number of benzene rings is 2. The van der Waals surface area contributed by atoms with Crippen molar-refractivity contribution in [3.63, 3.8) is 0 Å². The maximum absolute atomic E-state index is 13.2. The van der Waals surface area contributed by atoms with Crippen LogP contribution in [0.5, 0.6) is 0 Å². The highest BCUT2D eigenvalue weighted by molar-refractivity contribution is 5.94. The molecule has 2 saturated heterocycles. The molecule has 1 aromatic heterocycles. The molecule has 1 spiro atoms. The summed E-state index contributed by atoms with van der Waals surface area (Å²) >= 11 is 0. The molecular formula is C27H32N4O2. The van der Waals surface area contributed by atoms with E-state index in [1.807, 2.05) is 17.0 Å². The minimum Gasteiger partial charge on any atom is -0.369 e. The molecule has 2 aromatic carbocycles. The van der Waals surface area contributed by atoms with Crippen LogP contribution in [0.1, 0.15) is 34.5 Å². The maximum atomic E-state index is 13.2. The van der Waals surface area contributed by atoms with Crippen molar-refractivity contribution in [2.75, 3.05) is 57.8 Å². The van der Waals surface area contributed by atoms with Gasteiger partial charge in [0.05, 0.1) is 12.3 Å². The average molecular weight is 445 g/mol. The molecule has 3 aliphatic rings. The van der Waals surface area contributed by atoms with E-state index in [4.69, 9.17) is 4.74 Å². The third-order valence-electron chi connectivity index (χ3n) is 7.84. The largest absolute Gasteiger partial charge is 0.369 e. The lowest BCUT2D eigenvalue weighted by molar-refractivity contribution is -0.0957. The molecule has 1 N–H and O–H groups in total. The summed E-state index contributed by atoms with van der Waals surface area (Å²) in [5.74, 6) is 0.127. The van der Waals surface area contributed by atoms with Gasteiger partial charge in [-0.25, -0.2) is 0 Å². The lowest BCUT2D eigenvalue weighted by atomic mass is 9.83. The molecule has 0 aliphatic carbocycles. The summed E-state index contributed by atoms with van der Waals surface area (Å²) in [6.45, 7) is 6.41. The molecule has 0 saturated carbocycles. The first-order valence-electron chi connectivity index (χ1n) is 12.2. The van der Waals surface area contributed by atoms with E-state index < -0.39 is 0 Å². The monoisotopic (exact) mass is 444 g/mol. The summed E-state index contributed by atoms with van der Waals surface area (Å²) in [6.07, 6.45) is 2.61. The first kappa shape index (κ1) is 20.8. The molecule has 0 unspecified atom stereocenters. The molecule has 0 bridgehead atoms. The molecule has 3 aliphatic heterocycles. The highest BCUT2D eigenvalue weighted by Crippen LogP contribution is 2.43. The number of hydrogen-bond donors (Lipinski definition) is 1. The van der Waals surface area contributed by atoms with Crippen LogP contribution in [-0.4, -0.2) is 73.6 Å². The van der Waals surface area contributed by atoms with Gasteiger partial charge in [-0.2, -0.15) is 0 Å². The number of hydrogen-bond acceptors (Lipinski definition) is 4. The Morgan fingerprint density at radius 1 is 0.939 bits per heavy atom. The van der Waals surface area contributed by atoms with Crippen LogP contribution in [0, 0.1) is 0 Å². The predicted octanol–water partition coefficient (Wildman–Crippen LogP) is 3.62. The number of nitrogens with one attached hydrogen (secondary N) is 1. The second kappa shape index (κ2) is 8.19. The Labute approximate surface area is 195 Å². The van der Waals surface area contributed by atoms with Crippen molar-refractivity contribution in [3.8, 4) is 0 Å². The minimum absolute atomic E-state index is 0.127. The number of likely N-dealkylation sites (N-methyl/N-ethyl adjacent to an activating group) is 1. The predicted molar refractivity (Wildman–Crippen MR) is 131 cm³/mol. The van der Waals surface area contributed by atoms with Crippen molar-refractivity contribution < 1.29 is 9.53 Å². The molecule has 0 radical (unpaired) electrons. The molecule has 6 heteroatoms. The van der Waals surface area contributed by atoms with Gasteiger partial charge in [-0.1, -0.05) is 18.2 Å². The number of piperazine rings is 1. The van der Waals surface area contributed by atoms with E-state index in [9.17, 15) is 4.79 Å². The maximum Gasteiger partial charge on any atom is 0.253 e. The molecule has 1 amide bonds. The third-order valence-corrected chi connectivity index (χ3v) is 7.84. The van der Waals surface area contributed by atoms with Gasteiger partial charge in [0.1, 0.15) is 5.60 Å². The first-order valence-corrected chi connectivity index (χ1v) is 12.2. The molecular weight excluding hydrogens is 412 g/mol. The Hall–Kier alpha value is -2.83. The Morgan fingerprint density at radius 3 is 2.42 bits per heavy atom. The summed E-state index contributed by atoms with van der Waals surface area (Å²) < 4.78 is 6.41. The summed E-state index contributed by atoms with van der Waals surface area (Å²) in [4.78, 5) is 23.7. The fourth-order valence-electron chi connectivity index (χ4n) is 5.80. The number of piperidine rings is 1. The van der Waals surface area contributed by atoms with Crippen LogP contribution < -0.4 is 4.90 Å². The van der Waals surface area contributed by atoms with E-state index >= 15 is 0 Å². The van der Waals surface area contributed by atoms with Crippen LogP contribution in [-0.2, 0) is 16.8 Å². The molecule has 172 valence electrons. The van der Waals surface area contributed by atoms with Crippen LogP contribution in [0.4, 0.5) is 5.69 Å². The molecule has 4 heterocycles. The smallest absolute Gasteiger partial charge is 0.253 e. The Bertz CT molecular complexity index is 1150. The number of ether oxygens (including phenoxy) is 1. The Morgan fingerprint density at radius 2 is 1.67 bits per heavy atom. The molecule has 6 nitrogen and oxygen atoms in total. The van der Waals surface area contributed by atoms with E-state index in [0.29, 0.717) is 13.1 Å². The number of rotatable bonds is 2. The SMILES string of the molecule is CN1CCN(c2ccc(C(=O)N3CCC4(CC3)OCCc3c4[nH]c4ccccc34)cc2)CC1. The van der Waals surface area contributed by atoms with Gasteiger partial charge in [-0.3, -0.25) is 4.79 Å². The number of nitrogens with zero attached hydrogens (tertiary/aromatic N) is 3. The van der Waals surface area contributed by atoms with Crippen LogP contribution in [0.3, 0.4) is 0 Å². The number of aromatic nitrogens is 1. The van der Waals surface area contributed by atoms with E-state index in [0.717, 1.165) is 57.6 Å². The minimum atomic E-state index is -0.297. The van der Waals surface area contributed by atoms with Gasteiger partial charge < -0.3 is 24.4 Å². The Balaban J connectivity index is 1.15. The molecule has 0 atom stereocenters. The number of fused-ring (bicyclic) bond motifs is 4. The first-order chi connectivity index (χ1) is 16.1. The number of carbonyl (C=O) groups excluding carboxylic acids is 1. The summed E-state index contributed by atoms with van der Waals surface area (Å²) in [6, 6.07) is 16.7. The topological polar surface area (TPSA) is 51.8 Å². The van der Waals surface area contributed by atoms with E-state index in [1.54, 1.807) is 0 Å². The van der Waals surface area contributed by atoms with E-state index in [-0.39, 0.29) is 11.5 Å². The Kier molecular flexibility index (Phi) is 5.15. The number of likely N-dealkylation sites (tertiary alicyclic amines) is 1. The second-order valence-corrected chi connectivity index (χ2v) is 9.75. The average Bonchev–Trinajstić information content (AvgIpc) is 3.25. The van der Waals surface area contributed by atoms with Crippen LogP contribution in [0.2, 0.25) is 0 Å². The molecule has 3 aromatic rings. The standard InChI is InChI=1S/C27H32N4O2/c1-29-15-17-30(18-16-29)21-8-6-20(7-9-21)26(32)31-13-11-27(12-14-31)25-23(10-19-33-27)22-4-2-3-5-24(22)28-25/h2-9,28H,10-19H2,1H3. The molecule has 6 rings (SSSR count). The van der Waals surface area contributed by atoms with E-state index in [2.05, 4.69) is 58.2 Å². The summed E-state index contributed by atoms with van der Waals surface area (Å²) in [7, 11) is 2.17. The van der Waals surface area contributed by atoms with E-state index in [1.165, 1.54) is 27.8 Å². The van der Waals surface area contributed by atoms with Gasteiger partial charge in [0.15, 0.2) is 0 Å². The van der Waals surface area contributed by atoms with Gasteiger partial charge in [-0.05, 0) is 62.2 Å². The summed E-state index contributed by atoms with van der Waals surface area (Å²) in [5.41, 5.74) is 5.51. The van der Waals surface area contributed by atoms with Crippen LogP contribution >= 0.6 is 0 Å². The van der Waals surface area contributed by atoms with Gasteiger partial charge in [0, 0.05) is 61.4 Å². The normalized spacial score (nSPS) is 20.9.